The monoisotopic (exact) mass is 623 g/mol. The van der Waals surface area contributed by atoms with Gasteiger partial charge in [0.2, 0.25) is 5.79 Å². The van der Waals surface area contributed by atoms with Crippen molar-refractivity contribution in [2.75, 3.05) is 24.5 Å². The lowest BCUT2D eigenvalue weighted by molar-refractivity contribution is -0.230. The molecule has 8 N–H and O–H groups in total. The number of carbonyl (C=O) groups excluding carboxylic acids is 3. The van der Waals surface area contributed by atoms with E-state index in [0.29, 0.717) is 11.3 Å². The summed E-state index contributed by atoms with van der Waals surface area (Å²) in [6, 6.07) is 19.7. The number of rotatable bonds is 6. The van der Waals surface area contributed by atoms with Crippen molar-refractivity contribution in [3.05, 3.63) is 90.0 Å². The van der Waals surface area contributed by atoms with E-state index in [4.69, 9.17) is 11.5 Å². The van der Waals surface area contributed by atoms with Crippen LogP contribution in [-0.4, -0.2) is 99.0 Å². The number of hydrogen-bond donors (Lipinski definition) is 6. The van der Waals surface area contributed by atoms with Crippen LogP contribution < -0.4 is 27.0 Å². The molecule has 14 nitrogen and oxygen atoms in total. The van der Waals surface area contributed by atoms with Crippen molar-refractivity contribution in [1.82, 2.24) is 20.4 Å². The number of benzene rings is 3. The fourth-order valence-corrected chi connectivity index (χ4v) is 6.92. The maximum Gasteiger partial charge on any atom is 0.331 e. The average Bonchev–Trinajstić information content (AvgIpc) is 3.62. The van der Waals surface area contributed by atoms with Gasteiger partial charge in [-0.25, -0.2) is 14.8 Å². The molecular formula is C32H33N9O5. The van der Waals surface area contributed by atoms with Crippen LogP contribution in [0.15, 0.2) is 88.8 Å². The third-order valence-corrected chi connectivity index (χ3v) is 9.18. The van der Waals surface area contributed by atoms with E-state index in [1.54, 1.807) is 48.5 Å². The molecule has 0 aliphatic carbocycles. The van der Waals surface area contributed by atoms with Crippen molar-refractivity contribution in [3.8, 4) is 11.1 Å². The lowest BCUT2D eigenvalue weighted by Gasteiger charge is -2.49. The molecule has 4 aliphatic rings. The number of para-hydroxylation sites is 1. The predicted molar refractivity (Wildman–Crippen MR) is 169 cm³/mol. The van der Waals surface area contributed by atoms with Crippen LogP contribution in [0, 0.1) is 6.92 Å². The van der Waals surface area contributed by atoms with Crippen LogP contribution in [0.5, 0.6) is 0 Å². The summed E-state index contributed by atoms with van der Waals surface area (Å²) in [5.74, 6) is -3.87. The zero-order valence-electron chi connectivity index (χ0n) is 24.9. The summed E-state index contributed by atoms with van der Waals surface area (Å²) in [4.78, 5) is 52.7. The van der Waals surface area contributed by atoms with E-state index in [1.165, 1.54) is 9.80 Å². The van der Waals surface area contributed by atoms with Gasteiger partial charge in [-0.1, -0.05) is 54.6 Å². The highest BCUT2D eigenvalue weighted by atomic mass is 16.5. The molecular weight excluding hydrogens is 590 g/mol. The number of aliphatic hydroxyl groups is 2. The lowest BCUT2D eigenvalue weighted by atomic mass is 9.84. The standard InChI is InChI=1S/C32H33N9O5/c1-18-8-5-6-13-22(18)19-9-7-10-20(14-19)27(43)36-24-16-41-29(34)35-23(26-31(41,32(24,45)46)38-28(33)37-26)15-40-25(42)17-39(30(40)44)21-11-3-2-4-12-21/h2-14,23-24,26,45-46H,15-17H2,1H3,(H2,34,35)(H,36,43)(H3,33,37,38)/t23-,24?,26-,31?/m0/s1. The van der Waals surface area contributed by atoms with E-state index >= 15 is 0 Å². The first kappa shape index (κ1) is 29.3. The van der Waals surface area contributed by atoms with Crippen molar-refractivity contribution in [2.45, 2.75) is 36.5 Å². The first-order chi connectivity index (χ1) is 22.0. The lowest BCUT2D eigenvalue weighted by Crippen LogP contribution is -2.78. The van der Waals surface area contributed by atoms with E-state index in [2.05, 4.69) is 20.6 Å². The molecule has 236 valence electrons. The third-order valence-electron chi connectivity index (χ3n) is 9.18. The van der Waals surface area contributed by atoms with Crippen molar-refractivity contribution < 1.29 is 24.6 Å². The number of nitrogens with one attached hydrogen (secondary N) is 2. The van der Waals surface area contributed by atoms with Gasteiger partial charge in [0.1, 0.15) is 18.6 Å². The molecule has 4 atom stereocenters. The fourth-order valence-electron chi connectivity index (χ4n) is 6.92. The zero-order chi connectivity index (χ0) is 32.4. The summed E-state index contributed by atoms with van der Waals surface area (Å²) < 4.78 is 0. The molecule has 1 spiro atoms. The highest BCUT2D eigenvalue weighted by Gasteiger charge is 2.73. The molecule has 0 radical (unpaired) electrons. The minimum absolute atomic E-state index is 0.0940. The summed E-state index contributed by atoms with van der Waals surface area (Å²) >= 11 is 0. The van der Waals surface area contributed by atoms with Gasteiger partial charge in [-0.3, -0.25) is 19.4 Å². The van der Waals surface area contributed by atoms with Gasteiger partial charge in [0, 0.05) is 17.8 Å². The van der Waals surface area contributed by atoms with Crippen molar-refractivity contribution in [1.29, 1.82) is 0 Å². The number of anilines is 1. The van der Waals surface area contributed by atoms with Gasteiger partial charge >= 0.3 is 6.03 Å². The molecule has 4 heterocycles. The van der Waals surface area contributed by atoms with Crippen LogP contribution >= 0.6 is 0 Å². The summed E-state index contributed by atoms with van der Waals surface area (Å²) in [5.41, 5.74) is 14.4. The molecule has 2 unspecified atom stereocenters. The number of hydrogen-bond acceptors (Lipinski definition) is 11. The predicted octanol–water partition coefficient (Wildman–Crippen LogP) is -0.0946. The molecule has 2 fully saturated rings. The van der Waals surface area contributed by atoms with E-state index in [9.17, 15) is 24.6 Å². The van der Waals surface area contributed by atoms with E-state index < -0.39 is 47.4 Å². The molecule has 3 aromatic rings. The summed E-state index contributed by atoms with van der Waals surface area (Å²) in [6.07, 6.45) is 0. The maximum absolute atomic E-state index is 13.5. The number of urea groups is 1. The Kier molecular flexibility index (Phi) is 6.72. The molecule has 4 amide bonds. The van der Waals surface area contributed by atoms with E-state index in [0.717, 1.165) is 21.6 Å². The van der Waals surface area contributed by atoms with Gasteiger partial charge in [0.15, 0.2) is 17.6 Å². The second kappa shape index (κ2) is 10.6. The maximum atomic E-state index is 13.5. The molecule has 0 saturated carbocycles. The van der Waals surface area contributed by atoms with Gasteiger partial charge in [-0.05, 0) is 47.9 Å². The van der Waals surface area contributed by atoms with E-state index in [-0.39, 0.29) is 31.6 Å². The second-order valence-corrected chi connectivity index (χ2v) is 11.9. The van der Waals surface area contributed by atoms with Crippen molar-refractivity contribution >= 4 is 35.5 Å². The first-order valence-electron chi connectivity index (χ1n) is 14.8. The highest BCUT2D eigenvalue weighted by molar-refractivity contribution is 6.12. The molecule has 2 saturated heterocycles. The smallest absolute Gasteiger partial charge is 0.331 e. The third kappa shape index (κ3) is 4.36. The van der Waals surface area contributed by atoms with Crippen LogP contribution in [0.3, 0.4) is 0 Å². The number of carbonyl (C=O) groups is 3. The van der Waals surface area contributed by atoms with Crippen LogP contribution in [0.25, 0.3) is 11.1 Å². The highest BCUT2D eigenvalue weighted by Crippen LogP contribution is 2.45. The zero-order valence-corrected chi connectivity index (χ0v) is 24.9. The van der Waals surface area contributed by atoms with Gasteiger partial charge in [-0.2, -0.15) is 0 Å². The first-order valence-corrected chi connectivity index (χ1v) is 14.8. The van der Waals surface area contributed by atoms with Crippen molar-refractivity contribution in [3.63, 3.8) is 0 Å². The fraction of sp³-hybridized carbons (Fsp3) is 0.281. The molecule has 46 heavy (non-hydrogen) atoms. The Labute approximate surface area is 264 Å². The number of aliphatic imine (C=N–C) groups is 2. The van der Waals surface area contributed by atoms with Crippen LogP contribution in [0.2, 0.25) is 0 Å². The number of aryl methyl sites for hydroxylation is 1. The number of guanidine groups is 2. The number of nitrogens with zero attached hydrogens (tertiary/aromatic N) is 5. The molecule has 4 aliphatic heterocycles. The minimum atomic E-state index is -2.68. The topological polar surface area (TPSA) is 202 Å². The Morgan fingerprint density at radius 2 is 1.76 bits per heavy atom. The normalized spacial score (nSPS) is 26.3. The van der Waals surface area contributed by atoms with Crippen LogP contribution in [-0.2, 0) is 4.79 Å². The SMILES string of the molecule is Cc1ccccc1-c1cccc(C(=O)NC2CN3C(N)=N[C@@H](CN4C(=O)CN(c5ccccc5)C4=O)[C@@H]4N=C(N)NC43C2(O)O)c1. The largest absolute Gasteiger partial charge is 0.370 e. The Balaban J connectivity index is 1.15. The van der Waals surface area contributed by atoms with Crippen molar-refractivity contribution in [2.24, 2.45) is 21.5 Å². The molecule has 3 aromatic carbocycles. The summed E-state index contributed by atoms with van der Waals surface area (Å²) in [5, 5.41) is 29.3. The Bertz CT molecular complexity index is 1810. The van der Waals surface area contributed by atoms with Crippen LogP contribution in [0.4, 0.5) is 10.5 Å². The second-order valence-electron chi connectivity index (χ2n) is 11.9. The number of amides is 4. The molecule has 0 aromatic heterocycles. The van der Waals surface area contributed by atoms with Gasteiger partial charge in [0.25, 0.3) is 11.8 Å². The minimum Gasteiger partial charge on any atom is -0.370 e. The van der Waals surface area contributed by atoms with Gasteiger partial charge < -0.3 is 37.2 Å². The van der Waals surface area contributed by atoms with Crippen LogP contribution in [0.1, 0.15) is 15.9 Å². The number of imide groups is 1. The average molecular weight is 624 g/mol. The summed E-state index contributed by atoms with van der Waals surface area (Å²) in [7, 11) is 0. The Morgan fingerprint density at radius 1 is 1.02 bits per heavy atom. The van der Waals surface area contributed by atoms with Gasteiger partial charge in [-0.15, -0.1) is 0 Å². The Morgan fingerprint density at radius 3 is 2.52 bits per heavy atom. The number of nitrogens with two attached hydrogens (primary N) is 2. The van der Waals surface area contributed by atoms with Gasteiger partial charge in [0.05, 0.1) is 12.6 Å². The quantitative estimate of drug-likeness (QED) is 0.160. The molecule has 14 heteroatoms. The molecule has 0 bridgehead atoms. The summed E-state index contributed by atoms with van der Waals surface area (Å²) in [6.45, 7) is 1.44. The van der Waals surface area contributed by atoms with E-state index in [1.807, 2.05) is 37.3 Å². The Hall–Kier alpha value is -5.47. The molecule has 7 rings (SSSR count).